The molecule has 3 amide bonds. The molecule has 1 aliphatic heterocycles. The van der Waals surface area contributed by atoms with Crippen LogP contribution in [0.1, 0.15) is 47.5 Å². The summed E-state index contributed by atoms with van der Waals surface area (Å²) < 4.78 is 0. The molecular formula is C23H28N4O3. The molecule has 2 aromatic rings. The van der Waals surface area contributed by atoms with Crippen molar-refractivity contribution in [1.29, 1.82) is 0 Å². The fourth-order valence-electron chi connectivity index (χ4n) is 3.64. The number of nitrogens with one attached hydrogen (secondary N) is 2. The Morgan fingerprint density at radius 1 is 0.933 bits per heavy atom. The SMILES string of the molecule is O=C1CCC(c2ccccc2)CCNC(=O)CN(C(=O)c2ccncc2)CCCN1. The fraction of sp³-hybridized carbons (Fsp3) is 0.391. The molecule has 7 nitrogen and oxygen atoms in total. The number of carbonyl (C=O) groups is 3. The first-order chi connectivity index (χ1) is 14.6. The van der Waals surface area contributed by atoms with E-state index in [-0.39, 0.29) is 30.2 Å². The van der Waals surface area contributed by atoms with Crippen LogP contribution in [0.15, 0.2) is 54.9 Å². The summed E-state index contributed by atoms with van der Waals surface area (Å²) in [6, 6.07) is 13.3. The van der Waals surface area contributed by atoms with Gasteiger partial charge in [-0.05, 0) is 42.9 Å². The molecule has 0 spiro atoms. The number of rotatable bonds is 2. The van der Waals surface area contributed by atoms with Crippen LogP contribution in [-0.4, -0.2) is 53.8 Å². The Balaban J connectivity index is 1.68. The third-order valence-electron chi connectivity index (χ3n) is 5.28. The van der Waals surface area contributed by atoms with Crippen LogP contribution in [0, 0.1) is 0 Å². The molecule has 3 rings (SSSR count). The molecule has 2 N–H and O–H groups in total. The van der Waals surface area contributed by atoms with Crippen LogP contribution in [0.3, 0.4) is 0 Å². The summed E-state index contributed by atoms with van der Waals surface area (Å²) in [7, 11) is 0. The highest BCUT2D eigenvalue weighted by Crippen LogP contribution is 2.24. The second-order valence-corrected chi connectivity index (χ2v) is 7.45. The van der Waals surface area contributed by atoms with Gasteiger partial charge in [0.15, 0.2) is 0 Å². The monoisotopic (exact) mass is 408 g/mol. The zero-order chi connectivity index (χ0) is 21.2. The molecule has 1 fully saturated rings. The number of carbonyl (C=O) groups excluding carboxylic acids is 3. The van der Waals surface area contributed by atoms with Gasteiger partial charge in [-0.15, -0.1) is 0 Å². The fourth-order valence-corrected chi connectivity index (χ4v) is 3.64. The lowest BCUT2D eigenvalue weighted by Gasteiger charge is -2.24. The molecule has 0 bridgehead atoms. The van der Waals surface area contributed by atoms with Crippen molar-refractivity contribution < 1.29 is 14.4 Å². The summed E-state index contributed by atoms with van der Waals surface area (Å²) in [5.41, 5.74) is 1.66. The van der Waals surface area contributed by atoms with E-state index >= 15 is 0 Å². The van der Waals surface area contributed by atoms with Crippen LogP contribution in [0.25, 0.3) is 0 Å². The molecule has 1 aromatic carbocycles. The number of aromatic nitrogens is 1. The maximum absolute atomic E-state index is 12.8. The first-order valence-electron chi connectivity index (χ1n) is 10.4. The normalized spacial score (nSPS) is 19.3. The van der Waals surface area contributed by atoms with E-state index in [1.807, 2.05) is 18.2 Å². The Morgan fingerprint density at radius 3 is 2.43 bits per heavy atom. The van der Waals surface area contributed by atoms with Crippen molar-refractivity contribution in [3.05, 3.63) is 66.0 Å². The standard InChI is InChI=1S/C23H28N4O3/c28-21-8-7-19(18-5-2-1-3-6-18)11-15-26-22(29)17-27(16-4-12-25-21)23(30)20-9-13-24-14-10-20/h1-3,5-6,9-10,13-14,19H,4,7-8,11-12,15-17H2,(H,25,28)(H,26,29). The van der Waals surface area contributed by atoms with Gasteiger partial charge < -0.3 is 15.5 Å². The van der Waals surface area contributed by atoms with Crippen LogP contribution >= 0.6 is 0 Å². The lowest BCUT2D eigenvalue weighted by atomic mass is 9.91. The number of pyridine rings is 1. The van der Waals surface area contributed by atoms with Crippen LogP contribution in [0.4, 0.5) is 0 Å². The summed E-state index contributed by atoms with van der Waals surface area (Å²) in [5.74, 6) is -0.183. The van der Waals surface area contributed by atoms with Gasteiger partial charge in [-0.2, -0.15) is 0 Å². The largest absolute Gasteiger partial charge is 0.356 e. The number of amides is 3. The molecular weight excluding hydrogens is 380 g/mol. The van der Waals surface area contributed by atoms with Crippen molar-refractivity contribution >= 4 is 17.7 Å². The predicted molar refractivity (Wildman–Crippen MR) is 114 cm³/mol. The summed E-state index contributed by atoms with van der Waals surface area (Å²) in [6.45, 7) is 1.35. The number of hydrogen-bond donors (Lipinski definition) is 2. The lowest BCUT2D eigenvalue weighted by molar-refractivity contribution is -0.123. The summed E-state index contributed by atoms with van der Waals surface area (Å²) in [5, 5.41) is 5.87. The Bertz CT molecular complexity index is 842. The van der Waals surface area contributed by atoms with Gasteiger partial charge in [0.1, 0.15) is 0 Å². The molecule has 1 aromatic heterocycles. The quantitative estimate of drug-likeness (QED) is 0.796. The molecule has 0 radical (unpaired) electrons. The molecule has 0 saturated carbocycles. The van der Waals surface area contributed by atoms with Gasteiger partial charge in [-0.25, -0.2) is 0 Å². The highest BCUT2D eigenvalue weighted by atomic mass is 16.2. The van der Waals surface area contributed by atoms with Crippen LogP contribution in [-0.2, 0) is 9.59 Å². The van der Waals surface area contributed by atoms with E-state index in [1.54, 1.807) is 24.5 Å². The van der Waals surface area contributed by atoms with Crippen molar-refractivity contribution in [2.45, 2.75) is 31.6 Å². The highest BCUT2D eigenvalue weighted by Gasteiger charge is 2.20. The average Bonchev–Trinajstić information content (AvgIpc) is 2.78. The molecule has 1 aliphatic rings. The van der Waals surface area contributed by atoms with Crippen molar-refractivity contribution in [2.75, 3.05) is 26.2 Å². The van der Waals surface area contributed by atoms with E-state index in [0.717, 1.165) is 12.8 Å². The molecule has 1 unspecified atom stereocenters. The topological polar surface area (TPSA) is 91.4 Å². The molecule has 7 heteroatoms. The molecule has 1 atom stereocenters. The van der Waals surface area contributed by atoms with Crippen molar-refractivity contribution in [2.24, 2.45) is 0 Å². The Labute approximate surface area is 176 Å². The minimum Gasteiger partial charge on any atom is -0.356 e. The summed E-state index contributed by atoms with van der Waals surface area (Å²) in [4.78, 5) is 43.0. The summed E-state index contributed by atoms with van der Waals surface area (Å²) in [6.07, 6.45) is 5.60. The number of benzene rings is 1. The number of hydrogen-bond acceptors (Lipinski definition) is 4. The Hall–Kier alpha value is -3.22. The van der Waals surface area contributed by atoms with E-state index < -0.39 is 0 Å². The minimum atomic E-state index is -0.215. The van der Waals surface area contributed by atoms with Gasteiger partial charge in [0.25, 0.3) is 5.91 Å². The Morgan fingerprint density at radius 2 is 1.67 bits per heavy atom. The molecule has 2 heterocycles. The third kappa shape index (κ3) is 6.40. The minimum absolute atomic E-state index is 0.00882. The Kier molecular flexibility index (Phi) is 7.94. The van der Waals surface area contributed by atoms with E-state index in [9.17, 15) is 14.4 Å². The van der Waals surface area contributed by atoms with Crippen LogP contribution < -0.4 is 10.6 Å². The van der Waals surface area contributed by atoms with Crippen LogP contribution in [0.5, 0.6) is 0 Å². The van der Waals surface area contributed by atoms with E-state index in [4.69, 9.17) is 0 Å². The first kappa shape index (κ1) is 21.5. The molecule has 158 valence electrons. The summed E-state index contributed by atoms with van der Waals surface area (Å²) >= 11 is 0. The van der Waals surface area contributed by atoms with Gasteiger partial charge in [0.05, 0.1) is 6.54 Å². The average molecular weight is 409 g/mol. The van der Waals surface area contributed by atoms with Crippen molar-refractivity contribution in [3.63, 3.8) is 0 Å². The first-order valence-corrected chi connectivity index (χ1v) is 10.4. The van der Waals surface area contributed by atoms with Crippen molar-refractivity contribution in [1.82, 2.24) is 20.5 Å². The molecule has 1 saturated heterocycles. The number of nitrogens with zero attached hydrogens (tertiary/aromatic N) is 2. The third-order valence-corrected chi connectivity index (χ3v) is 5.28. The maximum atomic E-state index is 12.8. The highest BCUT2D eigenvalue weighted by molar-refractivity contribution is 5.96. The predicted octanol–water partition coefficient (Wildman–Crippen LogP) is 2.11. The lowest BCUT2D eigenvalue weighted by Crippen LogP contribution is -2.42. The second-order valence-electron chi connectivity index (χ2n) is 7.45. The molecule has 30 heavy (non-hydrogen) atoms. The smallest absolute Gasteiger partial charge is 0.254 e. The van der Waals surface area contributed by atoms with Crippen molar-refractivity contribution in [3.8, 4) is 0 Å². The molecule has 0 aliphatic carbocycles. The zero-order valence-corrected chi connectivity index (χ0v) is 17.0. The second kappa shape index (κ2) is 11.1. The van der Waals surface area contributed by atoms with Gasteiger partial charge in [-0.1, -0.05) is 30.3 Å². The van der Waals surface area contributed by atoms with Gasteiger partial charge in [-0.3, -0.25) is 19.4 Å². The van der Waals surface area contributed by atoms with Gasteiger partial charge >= 0.3 is 0 Å². The van der Waals surface area contributed by atoms with E-state index in [1.165, 1.54) is 10.5 Å². The van der Waals surface area contributed by atoms with E-state index in [0.29, 0.717) is 38.0 Å². The maximum Gasteiger partial charge on any atom is 0.254 e. The van der Waals surface area contributed by atoms with Gasteiger partial charge in [0, 0.05) is 44.0 Å². The van der Waals surface area contributed by atoms with E-state index in [2.05, 4.69) is 27.8 Å². The van der Waals surface area contributed by atoms with Crippen LogP contribution in [0.2, 0.25) is 0 Å². The van der Waals surface area contributed by atoms with Gasteiger partial charge in [0.2, 0.25) is 11.8 Å². The zero-order valence-electron chi connectivity index (χ0n) is 17.0.